The van der Waals surface area contributed by atoms with Gasteiger partial charge in [0.2, 0.25) is 5.91 Å². The molecule has 4 atom stereocenters. The number of carbonyl (C=O) groups excluding carboxylic acids is 1. The van der Waals surface area contributed by atoms with Crippen molar-refractivity contribution in [2.24, 2.45) is 17.6 Å². The summed E-state index contributed by atoms with van der Waals surface area (Å²) in [4.78, 5) is 21.7. The monoisotopic (exact) mass is 201 g/mol. The van der Waals surface area contributed by atoms with Crippen LogP contribution in [0.15, 0.2) is 12.2 Å². The third-order valence-electron chi connectivity index (χ3n) is 2.51. The van der Waals surface area contributed by atoms with E-state index in [4.69, 9.17) is 15.6 Å². The average Bonchev–Trinajstić information content (AvgIpc) is 2.60. The van der Waals surface area contributed by atoms with Crippen LogP contribution < -0.4 is 11.9 Å². The number of fused-ring (bicyclic) bond motifs is 2. The maximum Gasteiger partial charge on any atom is 0.310 e. The first-order valence-electron chi connectivity index (χ1n) is 3.97. The lowest BCUT2D eigenvalue weighted by molar-refractivity contribution is -0.146. The molecule has 1 fully saturated rings. The Morgan fingerprint density at radius 3 is 2.07 bits per heavy atom. The molecule has 0 aromatic heterocycles. The molecule has 7 N–H and O–H groups in total. The second kappa shape index (κ2) is 3.39. The highest BCUT2D eigenvalue weighted by Gasteiger charge is 2.52. The summed E-state index contributed by atoms with van der Waals surface area (Å²) in [6, 6.07) is 0. The molecule has 0 saturated carbocycles. The fourth-order valence-corrected chi connectivity index (χ4v) is 1.94. The number of nitrogens with two attached hydrogens (primary N) is 1. The van der Waals surface area contributed by atoms with E-state index in [0.717, 1.165) is 0 Å². The molecule has 2 heterocycles. The van der Waals surface area contributed by atoms with E-state index in [1.54, 1.807) is 12.2 Å². The third-order valence-corrected chi connectivity index (χ3v) is 2.51. The topological polar surface area (TPSA) is 126 Å². The van der Waals surface area contributed by atoms with Crippen LogP contribution in [0.2, 0.25) is 0 Å². The number of aliphatic carboxylic acids is 1. The number of primary amides is 1. The lowest BCUT2D eigenvalue weighted by Crippen LogP contribution is -2.39. The van der Waals surface area contributed by atoms with Gasteiger partial charge in [-0.1, -0.05) is 12.2 Å². The largest absolute Gasteiger partial charge is 0.481 e. The molecule has 2 aliphatic rings. The Kier molecular flexibility index (Phi) is 2.59. The first kappa shape index (κ1) is 10.7. The minimum atomic E-state index is -1.03. The molecule has 0 aromatic carbocycles. The van der Waals surface area contributed by atoms with E-state index < -0.39 is 35.9 Å². The molecule has 14 heavy (non-hydrogen) atoms. The van der Waals surface area contributed by atoms with Gasteiger partial charge in [0.1, 0.15) is 5.92 Å². The van der Waals surface area contributed by atoms with Crippen LogP contribution in [-0.2, 0) is 14.3 Å². The van der Waals surface area contributed by atoms with Crippen molar-refractivity contribution in [1.29, 1.82) is 0 Å². The number of carboxylic acid groups (broad SMARTS) is 1. The van der Waals surface area contributed by atoms with Crippen molar-refractivity contribution < 1.29 is 19.4 Å². The van der Waals surface area contributed by atoms with Crippen LogP contribution in [0.5, 0.6) is 0 Å². The molecule has 0 radical (unpaired) electrons. The molecular weight excluding hydrogens is 188 g/mol. The lowest BCUT2D eigenvalue weighted by atomic mass is 9.83. The van der Waals surface area contributed by atoms with Crippen LogP contribution in [0.4, 0.5) is 0 Å². The Bertz CT molecular complexity index is 274. The fraction of sp³-hybridized carbons (Fsp3) is 0.500. The van der Waals surface area contributed by atoms with E-state index in [0.29, 0.717) is 0 Å². The molecule has 1 saturated heterocycles. The maximum atomic E-state index is 11.0. The normalized spacial score (nSPS) is 38.0. The zero-order valence-electron chi connectivity index (χ0n) is 7.71. The molecular formula is C8H13N2O4+. The molecule has 0 spiro atoms. The van der Waals surface area contributed by atoms with Crippen molar-refractivity contribution in [2.75, 3.05) is 0 Å². The van der Waals surface area contributed by atoms with Crippen molar-refractivity contribution in [3.8, 4) is 0 Å². The summed E-state index contributed by atoms with van der Waals surface area (Å²) in [7, 11) is 0. The van der Waals surface area contributed by atoms with Gasteiger partial charge in [-0.05, 0) is 0 Å². The van der Waals surface area contributed by atoms with Crippen molar-refractivity contribution in [1.82, 2.24) is 6.15 Å². The zero-order chi connectivity index (χ0) is 9.59. The summed E-state index contributed by atoms with van der Waals surface area (Å²) in [6.07, 6.45) is 2.44. The predicted octanol–water partition coefficient (Wildman–Crippen LogP) is -0.498. The number of hydrogen-bond acceptors (Lipinski definition) is 3. The lowest BCUT2D eigenvalue weighted by Gasteiger charge is -2.17. The number of amides is 1. The van der Waals surface area contributed by atoms with Crippen molar-refractivity contribution in [2.45, 2.75) is 12.2 Å². The third kappa shape index (κ3) is 1.28. The van der Waals surface area contributed by atoms with Crippen LogP contribution in [0.3, 0.4) is 0 Å². The van der Waals surface area contributed by atoms with Gasteiger partial charge in [0.05, 0.1) is 18.1 Å². The summed E-state index contributed by atoms with van der Waals surface area (Å²) in [5, 5.41) is 8.83. The fourth-order valence-electron chi connectivity index (χ4n) is 1.94. The molecule has 6 heteroatoms. The van der Waals surface area contributed by atoms with Gasteiger partial charge < -0.3 is 21.7 Å². The Morgan fingerprint density at radius 1 is 1.21 bits per heavy atom. The second-order valence-electron chi connectivity index (χ2n) is 3.24. The SMILES string of the molecule is NC(=O)C1C2C=CC(O2)C1C(=O)O.[NH4+]. The van der Waals surface area contributed by atoms with Gasteiger partial charge in [-0.2, -0.15) is 0 Å². The standard InChI is InChI=1S/C8H9NO4.H3N/c9-7(10)5-3-1-2-4(13-3)6(5)8(11)12;/h1-6H,(H2,9,10)(H,11,12);1H3/p+1. The minimum absolute atomic E-state index is 0. The first-order chi connectivity index (χ1) is 6.11. The van der Waals surface area contributed by atoms with Crippen LogP contribution >= 0.6 is 0 Å². The van der Waals surface area contributed by atoms with Gasteiger partial charge in [-0.3, -0.25) is 9.59 Å². The molecule has 78 valence electrons. The van der Waals surface area contributed by atoms with E-state index in [-0.39, 0.29) is 6.15 Å². The number of carboxylic acids is 1. The molecule has 2 bridgehead atoms. The average molecular weight is 201 g/mol. The number of rotatable bonds is 2. The Morgan fingerprint density at radius 2 is 1.71 bits per heavy atom. The summed E-state index contributed by atoms with van der Waals surface area (Å²) in [5.74, 6) is -3.16. The van der Waals surface area contributed by atoms with Crippen molar-refractivity contribution in [3.63, 3.8) is 0 Å². The molecule has 1 amide bonds. The molecule has 4 unspecified atom stereocenters. The van der Waals surface area contributed by atoms with Crippen LogP contribution in [0.25, 0.3) is 0 Å². The van der Waals surface area contributed by atoms with Gasteiger partial charge in [0, 0.05) is 0 Å². The number of quaternary nitrogens is 1. The molecule has 2 aliphatic heterocycles. The van der Waals surface area contributed by atoms with Crippen LogP contribution in [-0.4, -0.2) is 29.2 Å². The van der Waals surface area contributed by atoms with Crippen molar-refractivity contribution >= 4 is 11.9 Å². The highest BCUT2D eigenvalue weighted by molar-refractivity contribution is 5.86. The summed E-state index contributed by atoms with van der Waals surface area (Å²) in [6.45, 7) is 0. The Labute approximate surface area is 80.3 Å². The van der Waals surface area contributed by atoms with Gasteiger partial charge in [-0.25, -0.2) is 0 Å². The quantitative estimate of drug-likeness (QED) is 0.520. The van der Waals surface area contributed by atoms with Gasteiger partial charge in [-0.15, -0.1) is 0 Å². The van der Waals surface area contributed by atoms with E-state index >= 15 is 0 Å². The van der Waals surface area contributed by atoms with Gasteiger partial charge in [0.15, 0.2) is 0 Å². The van der Waals surface area contributed by atoms with Crippen LogP contribution in [0, 0.1) is 11.8 Å². The Hall–Kier alpha value is -1.40. The molecule has 0 aromatic rings. The predicted molar refractivity (Wildman–Crippen MR) is 47.6 cm³/mol. The van der Waals surface area contributed by atoms with Crippen molar-refractivity contribution in [3.05, 3.63) is 12.2 Å². The molecule has 2 rings (SSSR count). The first-order valence-corrected chi connectivity index (χ1v) is 3.97. The zero-order valence-corrected chi connectivity index (χ0v) is 7.71. The van der Waals surface area contributed by atoms with Gasteiger partial charge in [0.25, 0.3) is 0 Å². The van der Waals surface area contributed by atoms with E-state index in [2.05, 4.69) is 0 Å². The van der Waals surface area contributed by atoms with E-state index in [9.17, 15) is 9.59 Å². The highest BCUT2D eigenvalue weighted by atomic mass is 16.5. The Balaban J connectivity index is 0.000000980. The van der Waals surface area contributed by atoms with E-state index in [1.165, 1.54) is 0 Å². The summed E-state index contributed by atoms with van der Waals surface area (Å²) in [5.41, 5.74) is 5.10. The molecule has 0 aliphatic carbocycles. The number of hydrogen-bond donors (Lipinski definition) is 3. The summed E-state index contributed by atoms with van der Waals surface area (Å²) >= 11 is 0. The van der Waals surface area contributed by atoms with Crippen LogP contribution in [0.1, 0.15) is 0 Å². The maximum absolute atomic E-state index is 11.0. The number of carbonyl (C=O) groups is 2. The smallest absolute Gasteiger partial charge is 0.310 e. The highest BCUT2D eigenvalue weighted by Crippen LogP contribution is 2.38. The van der Waals surface area contributed by atoms with E-state index in [1.807, 2.05) is 0 Å². The second-order valence-corrected chi connectivity index (χ2v) is 3.24. The minimum Gasteiger partial charge on any atom is -0.481 e. The summed E-state index contributed by atoms with van der Waals surface area (Å²) < 4.78 is 5.23. The number of ether oxygens (including phenoxy) is 1. The van der Waals surface area contributed by atoms with Gasteiger partial charge >= 0.3 is 5.97 Å². The molecule has 6 nitrogen and oxygen atoms in total.